The number of nitrogens with two attached hydrogens (primary N) is 1. The van der Waals surface area contributed by atoms with E-state index in [1.165, 1.54) is 0 Å². The van der Waals surface area contributed by atoms with Crippen molar-refractivity contribution in [1.29, 1.82) is 0 Å². The zero-order valence-corrected chi connectivity index (χ0v) is 11.6. The third-order valence-corrected chi connectivity index (χ3v) is 3.52. The fourth-order valence-corrected chi connectivity index (χ4v) is 2.43. The van der Waals surface area contributed by atoms with Crippen molar-refractivity contribution in [3.63, 3.8) is 0 Å². The molecule has 1 aromatic rings. The lowest BCUT2D eigenvalue weighted by atomic mass is 10.2. The maximum absolute atomic E-state index is 9.38. The van der Waals surface area contributed by atoms with Crippen LogP contribution in [-0.2, 0) is 0 Å². The zero-order valence-electron chi connectivity index (χ0n) is 11.6. The van der Waals surface area contributed by atoms with Gasteiger partial charge in [0.05, 0.1) is 12.6 Å². The number of hydrogen-bond acceptors (Lipinski definition) is 7. The Morgan fingerprint density at radius 1 is 1.32 bits per heavy atom. The Kier molecular flexibility index (Phi) is 4.36. The number of nitrogen functional groups attached to an aromatic ring is 1. The highest BCUT2D eigenvalue weighted by atomic mass is 16.3. The first-order valence-corrected chi connectivity index (χ1v) is 6.83. The van der Waals surface area contributed by atoms with Crippen LogP contribution < -0.4 is 15.5 Å². The predicted molar refractivity (Wildman–Crippen MR) is 75.3 cm³/mol. The Morgan fingerprint density at radius 2 is 2.05 bits per heavy atom. The molecule has 0 radical (unpaired) electrons. The molecule has 1 aliphatic rings. The molecule has 0 spiro atoms. The molecule has 1 aliphatic heterocycles. The summed E-state index contributed by atoms with van der Waals surface area (Å²) in [6, 6.07) is 0.0892. The molecule has 7 heteroatoms. The Balaban J connectivity index is 2.30. The quantitative estimate of drug-likeness (QED) is 0.790. The van der Waals surface area contributed by atoms with Crippen molar-refractivity contribution in [2.24, 2.45) is 0 Å². The van der Waals surface area contributed by atoms with Crippen LogP contribution in [0.4, 0.5) is 17.8 Å². The first-order valence-electron chi connectivity index (χ1n) is 6.83. The second kappa shape index (κ2) is 6.01. The lowest BCUT2D eigenvalue weighted by molar-refractivity contribution is 0.265. The molecule has 2 heterocycles. The second-order valence-corrected chi connectivity index (χ2v) is 4.64. The van der Waals surface area contributed by atoms with Crippen molar-refractivity contribution >= 4 is 17.8 Å². The monoisotopic (exact) mass is 266 g/mol. The molecule has 1 unspecified atom stereocenters. The topological polar surface area (TPSA) is 91.4 Å². The molecule has 2 rings (SSSR count). The first kappa shape index (κ1) is 13.8. The van der Waals surface area contributed by atoms with Gasteiger partial charge < -0.3 is 20.6 Å². The normalized spacial score (nSPS) is 18.9. The van der Waals surface area contributed by atoms with E-state index in [4.69, 9.17) is 5.73 Å². The molecule has 3 N–H and O–H groups in total. The van der Waals surface area contributed by atoms with Gasteiger partial charge in [0.1, 0.15) is 0 Å². The minimum absolute atomic E-state index is 0.0892. The Hall–Kier alpha value is -1.63. The molecule has 0 bridgehead atoms. The van der Waals surface area contributed by atoms with E-state index in [1.807, 2.05) is 9.80 Å². The van der Waals surface area contributed by atoms with Gasteiger partial charge in [-0.25, -0.2) is 0 Å². The van der Waals surface area contributed by atoms with E-state index >= 15 is 0 Å². The van der Waals surface area contributed by atoms with E-state index in [2.05, 4.69) is 28.8 Å². The smallest absolute Gasteiger partial charge is 0.232 e. The van der Waals surface area contributed by atoms with E-state index in [-0.39, 0.29) is 18.6 Å². The number of anilines is 3. The van der Waals surface area contributed by atoms with E-state index in [0.717, 1.165) is 32.5 Å². The fourth-order valence-electron chi connectivity index (χ4n) is 2.43. The SMILES string of the molecule is CCN(CC)c1nc(N)nc(N2CCCC2CO)n1. The highest BCUT2D eigenvalue weighted by molar-refractivity contribution is 5.44. The molecule has 1 aromatic heterocycles. The van der Waals surface area contributed by atoms with Gasteiger partial charge in [0.15, 0.2) is 0 Å². The maximum Gasteiger partial charge on any atom is 0.232 e. The molecule has 19 heavy (non-hydrogen) atoms. The summed E-state index contributed by atoms with van der Waals surface area (Å²) in [6.45, 7) is 6.72. The molecule has 0 aliphatic carbocycles. The van der Waals surface area contributed by atoms with Gasteiger partial charge in [0.2, 0.25) is 17.8 Å². The number of rotatable bonds is 5. The highest BCUT2D eigenvalue weighted by Crippen LogP contribution is 2.24. The van der Waals surface area contributed by atoms with Crippen LogP contribution in [0.25, 0.3) is 0 Å². The van der Waals surface area contributed by atoms with Crippen LogP contribution in [0.1, 0.15) is 26.7 Å². The number of hydrogen-bond donors (Lipinski definition) is 2. The molecule has 0 saturated carbocycles. The Labute approximate surface area is 113 Å². The van der Waals surface area contributed by atoms with Gasteiger partial charge >= 0.3 is 0 Å². The maximum atomic E-state index is 9.38. The summed E-state index contributed by atoms with van der Waals surface area (Å²) < 4.78 is 0. The summed E-state index contributed by atoms with van der Waals surface area (Å²) >= 11 is 0. The van der Waals surface area contributed by atoms with Gasteiger partial charge in [-0.2, -0.15) is 15.0 Å². The van der Waals surface area contributed by atoms with Crippen molar-refractivity contribution in [3.05, 3.63) is 0 Å². The number of nitrogens with zero attached hydrogens (tertiary/aromatic N) is 5. The van der Waals surface area contributed by atoms with Crippen LogP contribution in [0.2, 0.25) is 0 Å². The standard InChI is InChI=1S/C12H22N6O/c1-3-17(4-2)11-14-10(13)15-12(16-11)18-7-5-6-9(18)8-19/h9,19H,3-8H2,1-2H3,(H2,13,14,15,16). The van der Waals surface area contributed by atoms with Gasteiger partial charge in [0, 0.05) is 19.6 Å². The minimum Gasteiger partial charge on any atom is -0.394 e. The van der Waals surface area contributed by atoms with Crippen LogP contribution >= 0.6 is 0 Å². The average Bonchev–Trinajstić information content (AvgIpc) is 2.88. The third-order valence-electron chi connectivity index (χ3n) is 3.52. The van der Waals surface area contributed by atoms with Crippen LogP contribution in [0, 0.1) is 0 Å². The zero-order chi connectivity index (χ0) is 13.8. The summed E-state index contributed by atoms with van der Waals surface area (Å²) in [4.78, 5) is 16.9. The van der Waals surface area contributed by atoms with Gasteiger partial charge in [-0.05, 0) is 26.7 Å². The summed E-state index contributed by atoms with van der Waals surface area (Å²) in [5, 5.41) is 9.38. The van der Waals surface area contributed by atoms with Gasteiger partial charge in [-0.1, -0.05) is 0 Å². The molecule has 0 amide bonds. The number of aromatic nitrogens is 3. The second-order valence-electron chi connectivity index (χ2n) is 4.64. The fraction of sp³-hybridized carbons (Fsp3) is 0.750. The molecule has 1 atom stereocenters. The molecule has 1 fully saturated rings. The van der Waals surface area contributed by atoms with Gasteiger partial charge in [-0.3, -0.25) is 0 Å². The largest absolute Gasteiger partial charge is 0.394 e. The Bertz CT molecular complexity index is 423. The van der Waals surface area contributed by atoms with Gasteiger partial charge in [0.25, 0.3) is 0 Å². The van der Waals surface area contributed by atoms with Crippen LogP contribution in [0.3, 0.4) is 0 Å². The molecule has 7 nitrogen and oxygen atoms in total. The van der Waals surface area contributed by atoms with Crippen molar-refractivity contribution in [2.75, 3.05) is 41.8 Å². The van der Waals surface area contributed by atoms with E-state index in [1.54, 1.807) is 0 Å². The summed E-state index contributed by atoms with van der Waals surface area (Å²) in [5.41, 5.74) is 5.78. The van der Waals surface area contributed by atoms with Crippen molar-refractivity contribution < 1.29 is 5.11 Å². The summed E-state index contributed by atoms with van der Waals surface area (Å²) in [5.74, 6) is 1.41. The van der Waals surface area contributed by atoms with Crippen LogP contribution in [-0.4, -0.2) is 52.3 Å². The predicted octanol–water partition coefficient (Wildman–Crippen LogP) is 0.261. The molecular formula is C12H22N6O. The molecular weight excluding hydrogens is 244 g/mol. The van der Waals surface area contributed by atoms with E-state index in [9.17, 15) is 5.11 Å². The average molecular weight is 266 g/mol. The van der Waals surface area contributed by atoms with Crippen LogP contribution in [0.5, 0.6) is 0 Å². The number of aliphatic hydroxyl groups is 1. The highest BCUT2D eigenvalue weighted by Gasteiger charge is 2.27. The summed E-state index contributed by atoms with van der Waals surface area (Å²) in [7, 11) is 0. The molecule has 0 aromatic carbocycles. The molecule has 106 valence electrons. The van der Waals surface area contributed by atoms with Crippen molar-refractivity contribution in [3.8, 4) is 0 Å². The minimum atomic E-state index is 0.0892. The number of aliphatic hydroxyl groups excluding tert-OH is 1. The first-order chi connectivity index (χ1) is 9.19. The van der Waals surface area contributed by atoms with E-state index in [0.29, 0.717) is 11.9 Å². The van der Waals surface area contributed by atoms with E-state index < -0.39 is 0 Å². The summed E-state index contributed by atoms with van der Waals surface area (Å²) in [6.07, 6.45) is 2.00. The van der Waals surface area contributed by atoms with Crippen molar-refractivity contribution in [2.45, 2.75) is 32.7 Å². The lowest BCUT2D eigenvalue weighted by Gasteiger charge is -2.25. The van der Waals surface area contributed by atoms with Gasteiger partial charge in [-0.15, -0.1) is 0 Å². The van der Waals surface area contributed by atoms with Crippen LogP contribution in [0.15, 0.2) is 0 Å². The third kappa shape index (κ3) is 2.86. The lowest BCUT2D eigenvalue weighted by Crippen LogP contribution is -2.34. The molecule has 1 saturated heterocycles. The Morgan fingerprint density at radius 3 is 2.68 bits per heavy atom. The van der Waals surface area contributed by atoms with Crippen molar-refractivity contribution in [1.82, 2.24) is 15.0 Å².